The van der Waals surface area contributed by atoms with Crippen molar-refractivity contribution in [3.05, 3.63) is 11.7 Å². The Bertz CT molecular complexity index is 399. The van der Waals surface area contributed by atoms with E-state index in [2.05, 4.69) is 28.9 Å². The lowest BCUT2D eigenvalue weighted by Crippen LogP contribution is -2.46. The Morgan fingerprint density at radius 1 is 1.44 bits per heavy atom. The van der Waals surface area contributed by atoms with Crippen LogP contribution in [-0.4, -0.2) is 40.3 Å². The zero-order chi connectivity index (χ0) is 13.3. The lowest BCUT2D eigenvalue weighted by Gasteiger charge is -2.35. The number of rotatable bonds is 3. The predicted molar refractivity (Wildman–Crippen MR) is 66.8 cm³/mol. The summed E-state index contributed by atoms with van der Waals surface area (Å²) in [4.78, 5) is 6.64. The van der Waals surface area contributed by atoms with Gasteiger partial charge in [-0.1, -0.05) is 5.16 Å². The van der Waals surface area contributed by atoms with Gasteiger partial charge in [0.2, 0.25) is 5.89 Å². The molecule has 2 unspecified atom stereocenters. The molecule has 0 saturated carbocycles. The molecule has 6 nitrogen and oxygen atoms in total. The van der Waals surface area contributed by atoms with Crippen molar-refractivity contribution in [1.29, 1.82) is 0 Å². The minimum Gasteiger partial charge on any atom is -0.376 e. The highest BCUT2D eigenvalue weighted by Gasteiger charge is 2.27. The van der Waals surface area contributed by atoms with E-state index in [9.17, 15) is 0 Å². The molecule has 1 aromatic rings. The topological polar surface area (TPSA) is 77.4 Å². The van der Waals surface area contributed by atoms with E-state index < -0.39 is 5.54 Å². The van der Waals surface area contributed by atoms with E-state index in [1.807, 2.05) is 13.8 Å². The molecule has 102 valence electrons. The Labute approximate surface area is 107 Å². The molecule has 0 amide bonds. The quantitative estimate of drug-likeness (QED) is 0.862. The van der Waals surface area contributed by atoms with Crippen LogP contribution in [0, 0.1) is 0 Å². The fourth-order valence-electron chi connectivity index (χ4n) is 1.95. The average Bonchev–Trinajstić information content (AvgIpc) is 2.71. The molecule has 2 rings (SSSR count). The molecule has 1 saturated heterocycles. The molecule has 1 aliphatic heterocycles. The smallest absolute Gasteiger partial charge is 0.240 e. The third kappa shape index (κ3) is 3.07. The van der Waals surface area contributed by atoms with Crippen molar-refractivity contribution in [2.75, 3.05) is 13.2 Å². The minimum absolute atomic E-state index is 0.245. The summed E-state index contributed by atoms with van der Waals surface area (Å²) in [5.41, 5.74) is 5.37. The number of morpholine rings is 1. The summed E-state index contributed by atoms with van der Waals surface area (Å²) in [6.45, 7) is 10.2. The first kappa shape index (κ1) is 13.5. The first-order valence-corrected chi connectivity index (χ1v) is 6.34. The van der Waals surface area contributed by atoms with Crippen molar-refractivity contribution in [1.82, 2.24) is 15.0 Å². The fourth-order valence-corrected chi connectivity index (χ4v) is 1.95. The molecule has 0 aromatic carbocycles. The van der Waals surface area contributed by atoms with Gasteiger partial charge < -0.3 is 15.0 Å². The number of ether oxygens (including phenoxy) is 1. The summed E-state index contributed by atoms with van der Waals surface area (Å²) in [6.07, 6.45) is 0.245. The highest BCUT2D eigenvalue weighted by Crippen LogP contribution is 2.17. The van der Waals surface area contributed by atoms with Crippen LogP contribution in [0.25, 0.3) is 0 Å². The summed E-state index contributed by atoms with van der Waals surface area (Å²) in [5.74, 6) is 1.16. The molecule has 6 heteroatoms. The summed E-state index contributed by atoms with van der Waals surface area (Å²) >= 11 is 0. The average molecular weight is 254 g/mol. The van der Waals surface area contributed by atoms with Gasteiger partial charge in [-0.3, -0.25) is 4.90 Å². The second-order valence-corrected chi connectivity index (χ2v) is 5.66. The van der Waals surface area contributed by atoms with E-state index in [1.165, 1.54) is 0 Å². The summed E-state index contributed by atoms with van der Waals surface area (Å²) in [5, 5.41) is 3.93. The summed E-state index contributed by atoms with van der Waals surface area (Å²) in [7, 11) is 0. The van der Waals surface area contributed by atoms with Gasteiger partial charge in [0, 0.05) is 12.6 Å². The molecule has 1 fully saturated rings. The molecule has 2 atom stereocenters. The zero-order valence-corrected chi connectivity index (χ0v) is 11.5. The standard InChI is InChI=1S/C12H22N4O2/c1-8-7-17-9(2)5-16(8)6-10-14-11(15-18-10)12(3,4)13/h8-9H,5-7,13H2,1-4H3. The van der Waals surface area contributed by atoms with Crippen LogP contribution in [0.2, 0.25) is 0 Å². The van der Waals surface area contributed by atoms with Gasteiger partial charge in [0.1, 0.15) is 0 Å². The van der Waals surface area contributed by atoms with Crippen molar-refractivity contribution in [2.24, 2.45) is 5.73 Å². The molecular weight excluding hydrogens is 232 g/mol. The van der Waals surface area contributed by atoms with Gasteiger partial charge in [-0.15, -0.1) is 0 Å². The van der Waals surface area contributed by atoms with E-state index >= 15 is 0 Å². The molecule has 2 heterocycles. The monoisotopic (exact) mass is 254 g/mol. The van der Waals surface area contributed by atoms with Gasteiger partial charge in [-0.25, -0.2) is 0 Å². The van der Waals surface area contributed by atoms with Crippen LogP contribution in [0.1, 0.15) is 39.4 Å². The van der Waals surface area contributed by atoms with Crippen molar-refractivity contribution in [3.8, 4) is 0 Å². The Balaban J connectivity index is 2.02. The predicted octanol–water partition coefficient (Wildman–Crippen LogP) is 0.873. The third-order valence-electron chi connectivity index (χ3n) is 3.12. The Kier molecular flexibility index (Phi) is 3.70. The van der Waals surface area contributed by atoms with Gasteiger partial charge in [0.15, 0.2) is 5.82 Å². The number of hydrogen-bond donors (Lipinski definition) is 1. The minimum atomic E-state index is -0.564. The Morgan fingerprint density at radius 2 is 2.17 bits per heavy atom. The van der Waals surface area contributed by atoms with Gasteiger partial charge in [0.05, 0.1) is 24.8 Å². The number of aromatic nitrogens is 2. The highest BCUT2D eigenvalue weighted by atomic mass is 16.5. The summed E-state index contributed by atoms with van der Waals surface area (Å²) < 4.78 is 10.8. The maximum atomic E-state index is 5.93. The van der Waals surface area contributed by atoms with E-state index in [4.69, 9.17) is 15.0 Å². The molecule has 18 heavy (non-hydrogen) atoms. The van der Waals surface area contributed by atoms with Crippen LogP contribution in [-0.2, 0) is 16.8 Å². The van der Waals surface area contributed by atoms with Crippen LogP contribution in [0.3, 0.4) is 0 Å². The lowest BCUT2D eigenvalue weighted by atomic mass is 10.1. The molecule has 0 spiro atoms. The highest BCUT2D eigenvalue weighted by molar-refractivity contribution is 4.99. The van der Waals surface area contributed by atoms with Gasteiger partial charge in [-0.2, -0.15) is 4.98 Å². The molecule has 1 aromatic heterocycles. The van der Waals surface area contributed by atoms with Gasteiger partial charge >= 0.3 is 0 Å². The van der Waals surface area contributed by atoms with Crippen LogP contribution in [0.4, 0.5) is 0 Å². The summed E-state index contributed by atoms with van der Waals surface area (Å²) in [6, 6.07) is 0.363. The maximum Gasteiger partial charge on any atom is 0.240 e. The van der Waals surface area contributed by atoms with E-state index in [1.54, 1.807) is 0 Å². The SMILES string of the molecule is CC1CN(Cc2nc(C(C)(C)N)no2)C(C)CO1. The van der Waals surface area contributed by atoms with E-state index in [0.717, 1.165) is 13.2 Å². The fraction of sp³-hybridized carbons (Fsp3) is 0.833. The second kappa shape index (κ2) is 4.95. The Hall–Kier alpha value is -0.980. The first-order chi connectivity index (χ1) is 8.36. The van der Waals surface area contributed by atoms with E-state index in [0.29, 0.717) is 24.3 Å². The zero-order valence-electron chi connectivity index (χ0n) is 11.5. The number of nitrogens with two attached hydrogens (primary N) is 1. The normalized spacial score (nSPS) is 26.5. The largest absolute Gasteiger partial charge is 0.376 e. The molecule has 0 radical (unpaired) electrons. The van der Waals surface area contributed by atoms with Gasteiger partial charge in [0.25, 0.3) is 0 Å². The lowest BCUT2D eigenvalue weighted by molar-refractivity contribution is -0.0555. The number of hydrogen-bond acceptors (Lipinski definition) is 6. The van der Waals surface area contributed by atoms with Crippen LogP contribution in [0.15, 0.2) is 4.52 Å². The van der Waals surface area contributed by atoms with Crippen LogP contribution < -0.4 is 5.73 Å². The van der Waals surface area contributed by atoms with Crippen molar-refractivity contribution in [2.45, 2.75) is 51.9 Å². The van der Waals surface area contributed by atoms with Crippen molar-refractivity contribution < 1.29 is 9.26 Å². The molecular formula is C12H22N4O2. The van der Waals surface area contributed by atoms with Gasteiger partial charge in [-0.05, 0) is 27.7 Å². The van der Waals surface area contributed by atoms with Crippen molar-refractivity contribution in [3.63, 3.8) is 0 Å². The molecule has 2 N–H and O–H groups in total. The van der Waals surface area contributed by atoms with Crippen LogP contribution >= 0.6 is 0 Å². The number of nitrogens with zero attached hydrogens (tertiary/aromatic N) is 3. The van der Waals surface area contributed by atoms with Crippen molar-refractivity contribution >= 4 is 0 Å². The third-order valence-corrected chi connectivity index (χ3v) is 3.12. The Morgan fingerprint density at radius 3 is 2.78 bits per heavy atom. The van der Waals surface area contributed by atoms with E-state index in [-0.39, 0.29) is 6.10 Å². The maximum absolute atomic E-state index is 5.93. The molecule has 0 aliphatic carbocycles. The second-order valence-electron chi connectivity index (χ2n) is 5.66. The van der Waals surface area contributed by atoms with Crippen LogP contribution in [0.5, 0.6) is 0 Å². The molecule has 0 bridgehead atoms. The molecule has 1 aliphatic rings. The first-order valence-electron chi connectivity index (χ1n) is 6.34.